The van der Waals surface area contributed by atoms with Crippen LogP contribution in [0.2, 0.25) is 0 Å². The number of fused-ring (bicyclic) bond motifs is 2. The Morgan fingerprint density at radius 2 is 1.41 bits per heavy atom. The fourth-order valence-corrected chi connectivity index (χ4v) is 9.63. The quantitative estimate of drug-likeness (QED) is 0.315. The van der Waals surface area contributed by atoms with Crippen molar-refractivity contribution in [2.45, 2.75) is 91.6 Å². The Balaban J connectivity index is 1.83. The monoisotopic (exact) mass is 516 g/mol. The first-order valence-corrected chi connectivity index (χ1v) is 13.1. The molecule has 0 aromatic carbocycles. The second-order valence-corrected chi connectivity index (χ2v) is 12.3. The van der Waals surface area contributed by atoms with Crippen LogP contribution in [-0.2, 0) is 42.9 Å². The highest BCUT2D eigenvalue weighted by Gasteiger charge is 2.89. The van der Waals surface area contributed by atoms with Crippen LogP contribution in [0.1, 0.15) is 67.2 Å². The van der Waals surface area contributed by atoms with Gasteiger partial charge in [-0.25, -0.2) is 0 Å². The van der Waals surface area contributed by atoms with Crippen LogP contribution in [0.4, 0.5) is 0 Å². The van der Waals surface area contributed by atoms with E-state index in [1.54, 1.807) is 0 Å². The van der Waals surface area contributed by atoms with Gasteiger partial charge in [0.25, 0.3) is 0 Å². The molecule has 0 amide bonds. The second kappa shape index (κ2) is 8.14. The topological polar surface area (TPSA) is 122 Å². The number of ketones is 1. The summed E-state index contributed by atoms with van der Waals surface area (Å²) in [5.41, 5.74) is -2.20. The molecule has 0 N–H and O–H groups in total. The number of carbonyl (C=O) groups excluding carboxylic acids is 5. The molecule has 10 atom stereocenters. The maximum absolute atomic E-state index is 14.3. The molecule has 5 fully saturated rings. The number of hydrogen-bond acceptors (Lipinski definition) is 9. The number of ether oxygens (including phenoxy) is 4. The van der Waals surface area contributed by atoms with Gasteiger partial charge in [-0.3, -0.25) is 24.0 Å². The number of Topliss-reactive ketones (excluding diaryl/α,β-unsaturated/α-hetero) is 1. The molecule has 1 unspecified atom stereocenters. The molecular formula is C28H36O9. The van der Waals surface area contributed by atoms with Gasteiger partial charge < -0.3 is 18.9 Å². The molecule has 0 aromatic heterocycles. The van der Waals surface area contributed by atoms with Gasteiger partial charge in [-0.15, -0.1) is 0 Å². The van der Waals surface area contributed by atoms with Gasteiger partial charge in [-0.2, -0.15) is 0 Å². The van der Waals surface area contributed by atoms with E-state index in [0.717, 1.165) is 6.42 Å². The highest BCUT2D eigenvalue weighted by Crippen LogP contribution is 2.82. The fourth-order valence-electron chi connectivity index (χ4n) is 9.63. The fraction of sp³-hybridized carbons (Fsp3) is 0.750. The van der Waals surface area contributed by atoms with E-state index in [0.29, 0.717) is 18.4 Å². The van der Waals surface area contributed by atoms with Crippen molar-refractivity contribution in [3.05, 3.63) is 12.2 Å². The highest BCUT2D eigenvalue weighted by atomic mass is 16.6. The van der Waals surface area contributed by atoms with Crippen LogP contribution in [0.5, 0.6) is 0 Å². The van der Waals surface area contributed by atoms with Gasteiger partial charge >= 0.3 is 23.9 Å². The first-order valence-electron chi connectivity index (χ1n) is 13.1. The van der Waals surface area contributed by atoms with Gasteiger partial charge in [0.05, 0.1) is 10.8 Å². The van der Waals surface area contributed by atoms with E-state index >= 15 is 0 Å². The first kappa shape index (κ1) is 25.9. The smallest absolute Gasteiger partial charge is 0.302 e. The normalized spacial score (nSPS) is 44.5. The molecule has 5 rings (SSSR count). The average Bonchev–Trinajstić information content (AvgIpc) is 3.26. The zero-order chi connectivity index (χ0) is 27.2. The predicted molar refractivity (Wildman–Crippen MR) is 127 cm³/mol. The minimum absolute atomic E-state index is 0.0997. The Labute approximate surface area is 216 Å². The predicted octanol–water partition coefficient (Wildman–Crippen LogP) is 2.93. The van der Waals surface area contributed by atoms with Crippen molar-refractivity contribution >= 4 is 29.7 Å². The molecule has 0 aromatic rings. The molecular weight excluding hydrogens is 480 g/mol. The third-order valence-corrected chi connectivity index (χ3v) is 10.2. The van der Waals surface area contributed by atoms with Crippen molar-refractivity contribution in [1.29, 1.82) is 0 Å². The SMILES string of the molecule is C=C1C(=O)[C@@]23C([C@@H](OC(C)=O)C[C@@H]1[C@H]2OC(C)=O)[C@@]12[C@H](OC(C)=O)[C@H]3C[C@@H]1C(C)(C)CC[C@H]2OC(C)=O. The van der Waals surface area contributed by atoms with E-state index in [9.17, 15) is 24.0 Å². The molecule has 4 bridgehead atoms. The van der Waals surface area contributed by atoms with Crippen molar-refractivity contribution in [1.82, 2.24) is 0 Å². The van der Waals surface area contributed by atoms with Crippen LogP contribution in [0, 0.1) is 39.9 Å². The van der Waals surface area contributed by atoms with Crippen molar-refractivity contribution < 1.29 is 42.9 Å². The number of esters is 4. The standard InChI is InChI=1S/C28H36O9/c1-12-17-10-19(34-13(2)29)22-27(23(12)33,24(17)36-15(4)31)18-11-20-26(6,7)9-8-21(35-14(3)30)28(20,22)25(18)37-16(5)32/h17-22,24-25H,1,8-11H2,2-7H3/t17-,18+,19-,20+,21+,22?,24+,25+,27+,28+/m0/s1. The molecule has 37 heavy (non-hydrogen) atoms. The van der Waals surface area contributed by atoms with Gasteiger partial charge in [0, 0.05) is 45.4 Å². The zero-order valence-electron chi connectivity index (χ0n) is 22.3. The Morgan fingerprint density at radius 3 is 1.97 bits per heavy atom. The van der Waals surface area contributed by atoms with Crippen LogP contribution in [-0.4, -0.2) is 54.1 Å². The number of carbonyl (C=O) groups is 5. The third kappa shape index (κ3) is 3.18. The Kier molecular flexibility index (Phi) is 5.70. The summed E-state index contributed by atoms with van der Waals surface area (Å²) in [6.45, 7) is 13.7. The highest BCUT2D eigenvalue weighted by molar-refractivity contribution is 6.05. The van der Waals surface area contributed by atoms with Gasteiger partial charge in [0.15, 0.2) is 5.78 Å². The third-order valence-electron chi connectivity index (χ3n) is 10.2. The molecule has 0 aliphatic heterocycles. The summed E-state index contributed by atoms with van der Waals surface area (Å²) < 4.78 is 24.0. The van der Waals surface area contributed by atoms with E-state index in [4.69, 9.17) is 18.9 Å². The van der Waals surface area contributed by atoms with E-state index in [1.807, 2.05) is 0 Å². The van der Waals surface area contributed by atoms with Crippen molar-refractivity contribution in [2.24, 2.45) is 39.9 Å². The lowest BCUT2D eigenvalue weighted by Gasteiger charge is -2.61. The van der Waals surface area contributed by atoms with Crippen molar-refractivity contribution in [3.63, 3.8) is 0 Å². The molecule has 5 aliphatic rings. The summed E-state index contributed by atoms with van der Waals surface area (Å²) in [5, 5.41) is 0. The van der Waals surface area contributed by atoms with Gasteiger partial charge in [-0.1, -0.05) is 20.4 Å². The van der Waals surface area contributed by atoms with E-state index in [1.165, 1.54) is 27.7 Å². The molecule has 0 heterocycles. The Hall–Kier alpha value is -2.71. The molecule has 5 aliphatic carbocycles. The number of hydrogen-bond donors (Lipinski definition) is 0. The van der Waals surface area contributed by atoms with Crippen LogP contribution >= 0.6 is 0 Å². The summed E-state index contributed by atoms with van der Waals surface area (Å²) in [4.78, 5) is 64.0. The molecule has 202 valence electrons. The number of rotatable bonds is 4. The average molecular weight is 517 g/mol. The molecule has 0 radical (unpaired) electrons. The van der Waals surface area contributed by atoms with Gasteiger partial charge in [-0.05, 0) is 42.6 Å². The lowest BCUT2D eigenvalue weighted by Crippen LogP contribution is -2.67. The Bertz CT molecular complexity index is 1110. The molecule has 9 heteroatoms. The Morgan fingerprint density at radius 1 is 0.838 bits per heavy atom. The summed E-state index contributed by atoms with van der Waals surface area (Å²) in [5.74, 6) is -4.06. The first-order chi connectivity index (χ1) is 17.2. The summed E-state index contributed by atoms with van der Waals surface area (Å²) in [6.07, 6.45) is -0.964. The summed E-state index contributed by atoms with van der Waals surface area (Å²) in [6, 6.07) is 0. The molecule has 2 spiro atoms. The van der Waals surface area contributed by atoms with Crippen molar-refractivity contribution in [2.75, 3.05) is 0 Å². The summed E-state index contributed by atoms with van der Waals surface area (Å²) in [7, 11) is 0. The van der Waals surface area contributed by atoms with E-state index < -0.39 is 76.9 Å². The van der Waals surface area contributed by atoms with Crippen molar-refractivity contribution in [3.8, 4) is 0 Å². The maximum atomic E-state index is 14.3. The van der Waals surface area contributed by atoms with Gasteiger partial charge in [0.1, 0.15) is 24.4 Å². The minimum Gasteiger partial charge on any atom is -0.462 e. The van der Waals surface area contributed by atoms with Gasteiger partial charge in [0.2, 0.25) is 0 Å². The second-order valence-electron chi connectivity index (χ2n) is 12.3. The minimum atomic E-state index is -1.30. The van der Waals surface area contributed by atoms with Crippen LogP contribution < -0.4 is 0 Å². The van der Waals surface area contributed by atoms with Crippen LogP contribution in [0.15, 0.2) is 12.2 Å². The maximum Gasteiger partial charge on any atom is 0.302 e. The lowest BCUT2D eigenvalue weighted by molar-refractivity contribution is -0.240. The lowest BCUT2D eigenvalue weighted by atomic mass is 9.44. The molecule has 0 saturated heterocycles. The van der Waals surface area contributed by atoms with Crippen LogP contribution in [0.25, 0.3) is 0 Å². The molecule has 9 nitrogen and oxygen atoms in total. The van der Waals surface area contributed by atoms with E-state index in [2.05, 4.69) is 20.4 Å². The van der Waals surface area contributed by atoms with Crippen LogP contribution in [0.3, 0.4) is 0 Å². The summed E-state index contributed by atoms with van der Waals surface area (Å²) >= 11 is 0. The zero-order valence-corrected chi connectivity index (χ0v) is 22.3. The molecule has 5 saturated carbocycles. The van der Waals surface area contributed by atoms with E-state index in [-0.39, 0.29) is 23.5 Å². The largest absolute Gasteiger partial charge is 0.462 e.